The maximum atomic E-state index is 11.9. The van der Waals surface area contributed by atoms with Crippen molar-refractivity contribution in [3.63, 3.8) is 0 Å². The highest BCUT2D eigenvalue weighted by Crippen LogP contribution is 2.20. The molecule has 0 aliphatic heterocycles. The van der Waals surface area contributed by atoms with Gasteiger partial charge in [0.25, 0.3) is 5.91 Å². The van der Waals surface area contributed by atoms with Gasteiger partial charge in [0.15, 0.2) is 6.61 Å². The van der Waals surface area contributed by atoms with Crippen LogP contribution in [0.15, 0.2) is 22.7 Å². The van der Waals surface area contributed by atoms with Gasteiger partial charge in [-0.05, 0) is 31.5 Å². The summed E-state index contributed by atoms with van der Waals surface area (Å²) >= 11 is 11.8. The lowest BCUT2D eigenvalue weighted by Crippen LogP contribution is -2.28. The summed E-state index contributed by atoms with van der Waals surface area (Å²) in [6.07, 6.45) is 0. The second kappa shape index (κ2) is 7.48. The summed E-state index contributed by atoms with van der Waals surface area (Å²) in [7, 11) is 0. The Hall–Kier alpha value is -2.05. The van der Waals surface area contributed by atoms with Gasteiger partial charge in [0, 0.05) is 16.6 Å². The van der Waals surface area contributed by atoms with E-state index in [0.29, 0.717) is 27.1 Å². The molecule has 0 aliphatic carbocycles. The zero-order valence-corrected chi connectivity index (χ0v) is 14.0. The molecule has 0 atom stereocenters. The van der Waals surface area contributed by atoms with Gasteiger partial charge in [-0.2, -0.15) is 0 Å². The van der Waals surface area contributed by atoms with Crippen molar-refractivity contribution in [3.8, 4) is 0 Å². The van der Waals surface area contributed by atoms with Gasteiger partial charge in [-0.25, -0.2) is 4.79 Å². The Balaban J connectivity index is 1.85. The average molecular weight is 357 g/mol. The largest absolute Gasteiger partial charge is 0.452 e. The molecule has 1 aromatic heterocycles. The van der Waals surface area contributed by atoms with E-state index in [1.807, 2.05) is 0 Å². The number of aryl methyl sites for hydroxylation is 2. The van der Waals surface area contributed by atoms with Crippen molar-refractivity contribution in [1.29, 1.82) is 0 Å². The molecular formula is C15H14Cl2N2O4. The lowest BCUT2D eigenvalue weighted by Gasteiger charge is -2.08. The molecule has 0 radical (unpaired) electrons. The van der Waals surface area contributed by atoms with Crippen molar-refractivity contribution in [3.05, 3.63) is 50.8 Å². The van der Waals surface area contributed by atoms with Gasteiger partial charge in [-0.3, -0.25) is 4.79 Å². The molecule has 0 aliphatic rings. The summed E-state index contributed by atoms with van der Waals surface area (Å²) in [6, 6.07) is 4.97. The third kappa shape index (κ3) is 4.46. The molecule has 1 aromatic carbocycles. The fourth-order valence-electron chi connectivity index (χ4n) is 1.89. The first-order valence-electron chi connectivity index (χ1n) is 6.69. The molecular weight excluding hydrogens is 343 g/mol. The van der Waals surface area contributed by atoms with Crippen LogP contribution >= 0.6 is 23.2 Å². The Kier molecular flexibility index (Phi) is 5.63. The second-order valence-electron chi connectivity index (χ2n) is 4.79. The van der Waals surface area contributed by atoms with Gasteiger partial charge < -0.3 is 14.6 Å². The third-order valence-corrected chi connectivity index (χ3v) is 3.65. The number of ether oxygens (including phenoxy) is 1. The highest BCUT2D eigenvalue weighted by Gasteiger charge is 2.19. The Bertz CT molecular complexity index is 724. The minimum absolute atomic E-state index is 0.206. The van der Waals surface area contributed by atoms with E-state index < -0.39 is 18.5 Å². The maximum Gasteiger partial charge on any atom is 0.344 e. The Labute approximate surface area is 142 Å². The number of nitrogens with one attached hydrogen (secondary N) is 1. The Morgan fingerprint density at radius 3 is 2.65 bits per heavy atom. The summed E-state index contributed by atoms with van der Waals surface area (Å²) in [6.45, 7) is 3.01. The molecule has 122 valence electrons. The summed E-state index contributed by atoms with van der Waals surface area (Å²) in [5, 5.41) is 7.22. The normalized spacial score (nSPS) is 10.4. The van der Waals surface area contributed by atoms with Crippen LogP contribution in [0.3, 0.4) is 0 Å². The van der Waals surface area contributed by atoms with E-state index in [0.717, 1.165) is 0 Å². The molecule has 1 amide bonds. The molecule has 23 heavy (non-hydrogen) atoms. The molecule has 0 fully saturated rings. The maximum absolute atomic E-state index is 11.9. The molecule has 0 bridgehead atoms. The summed E-state index contributed by atoms with van der Waals surface area (Å²) in [5.41, 5.74) is 1.36. The van der Waals surface area contributed by atoms with E-state index in [2.05, 4.69) is 10.5 Å². The number of benzene rings is 1. The zero-order valence-electron chi connectivity index (χ0n) is 12.5. The third-order valence-electron chi connectivity index (χ3n) is 3.06. The summed E-state index contributed by atoms with van der Waals surface area (Å²) in [4.78, 5) is 23.6. The number of amides is 1. The van der Waals surface area contributed by atoms with E-state index in [4.69, 9.17) is 32.5 Å². The van der Waals surface area contributed by atoms with Crippen molar-refractivity contribution in [2.45, 2.75) is 20.4 Å². The summed E-state index contributed by atoms with van der Waals surface area (Å²) < 4.78 is 9.82. The van der Waals surface area contributed by atoms with Crippen LogP contribution in [0.4, 0.5) is 0 Å². The first-order chi connectivity index (χ1) is 10.9. The minimum Gasteiger partial charge on any atom is -0.452 e. The van der Waals surface area contributed by atoms with E-state index in [-0.39, 0.29) is 12.1 Å². The van der Waals surface area contributed by atoms with Gasteiger partial charge in [-0.1, -0.05) is 34.4 Å². The van der Waals surface area contributed by atoms with Crippen LogP contribution in [0.5, 0.6) is 0 Å². The lowest BCUT2D eigenvalue weighted by atomic mass is 10.2. The molecule has 1 N–H and O–H groups in total. The van der Waals surface area contributed by atoms with Crippen LogP contribution in [0.25, 0.3) is 0 Å². The predicted octanol–water partition coefficient (Wildman–Crippen LogP) is 3.07. The monoisotopic (exact) mass is 356 g/mol. The van der Waals surface area contributed by atoms with Crippen LogP contribution < -0.4 is 5.32 Å². The van der Waals surface area contributed by atoms with E-state index in [1.165, 1.54) is 0 Å². The van der Waals surface area contributed by atoms with Crippen molar-refractivity contribution in [2.24, 2.45) is 0 Å². The minimum atomic E-state index is -0.652. The fraction of sp³-hybridized carbons (Fsp3) is 0.267. The standard InChI is InChI=1S/C15H14Cl2N2O4/c1-8-14(9(2)23-19-8)15(21)22-7-13(20)18-6-10-3-4-11(16)5-12(10)17/h3-5H,6-7H2,1-2H3,(H,18,20). The highest BCUT2D eigenvalue weighted by molar-refractivity contribution is 6.35. The van der Waals surface area contributed by atoms with Crippen molar-refractivity contribution in [1.82, 2.24) is 10.5 Å². The summed E-state index contributed by atoms with van der Waals surface area (Å²) in [5.74, 6) is -0.752. The molecule has 0 unspecified atom stereocenters. The number of hydrogen-bond donors (Lipinski definition) is 1. The fourth-order valence-corrected chi connectivity index (χ4v) is 2.36. The molecule has 0 saturated carbocycles. The molecule has 6 nitrogen and oxygen atoms in total. The predicted molar refractivity (Wildman–Crippen MR) is 84.6 cm³/mol. The van der Waals surface area contributed by atoms with Crippen LogP contribution in [0.2, 0.25) is 10.0 Å². The molecule has 8 heteroatoms. The number of halogens is 2. The van der Waals surface area contributed by atoms with E-state index >= 15 is 0 Å². The highest BCUT2D eigenvalue weighted by atomic mass is 35.5. The molecule has 2 rings (SSSR count). The van der Waals surface area contributed by atoms with Crippen LogP contribution in [0, 0.1) is 13.8 Å². The van der Waals surface area contributed by atoms with Crippen LogP contribution in [-0.2, 0) is 16.1 Å². The Morgan fingerprint density at radius 1 is 1.30 bits per heavy atom. The lowest BCUT2D eigenvalue weighted by molar-refractivity contribution is -0.124. The smallest absolute Gasteiger partial charge is 0.344 e. The number of carbonyl (C=O) groups is 2. The van der Waals surface area contributed by atoms with Gasteiger partial charge in [0.05, 0.1) is 5.69 Å². The zero-order chi connectivity index (χ0) is 17.0. The SMILES string of the molecule is Cc1noc(C)c1C(=O)OCC(=O)NCc1ccc(Cl)cc1Cl. The number of nitrogens with zero attached hydrogens (tertiary/aromatic N) is 1. The number of aromatic nitrogens is 1. The second-order valence-corrected chi connectivity index (χ2v) is 5.63. The van der Waals surface area contributed by atoms with Crippen molar-refractivity contribution >= 4 is 35.1 Å². The van der Waals surface area contributed by atoms with Crippen LogP contribution in [-0.4, -0.2) is 23.6 Å². The van der Waals surface area contributed by atoms with Gasteiger partial charge in [0.2, 0.25) is 0 Å². The van der Waals surface area contributed by atoms with Gasteiger partial charge in [0.1, 0.15) is 11.3 Å². The average Bonchev–Trinajstić information content (AvgIpc) is 2.83. The van der Waals surface area contributed by atoms with Gasteiger partial charge >= 0.3 is 5.97 Å². The number of rotatable bonds is 5. The number of carbonyl (C=O) groups excluding carboxylic acids is 2. The number of esters is 1. The van der Waals surface area contributed by atoms with E-state index in [1.54, 1.807) is 32.0 Å². The van der Waals surface area contributed by atoms with Crippen LogP contribution in [0.1, 0.15) is 27.4 Å². The quantitative estimate of drug-likeness (QED) is 0.832. The Morgan fingerprint density at radius 2 is 2.04 bits per heavy atom. The topological polar surface area (TPSA) is 81.4 Å². The molecule has 0 spiro atoms. The number of hydrogen-bond acceptors (Lipinski definition) is 5. The van der Waals surface area contributed by atoms with Crippen molar-refractivity contribution in [2.75, 3.05) is 6.61 Å². The van der Waals surface area contributed by atoms with E-state index in [9.17, 15) is 9.59 Å². The first-order valence-corrected chi connectivity index (χ1v) is 7.44. The van der Waals surface area contributed by atoms with Gasteiger partial charge in [-0.15, -0.1) is 0 Å². The molecule has 2 aromatic rings. The van der Waals surface area contributed by atoms with Crippen molar-refractivity contribution < 1.29 is 18.8 Å². The first kappa shape index (κ1) is 17.3. The molecule has 1 heterocycles. The molecule has 0 saturated heterocycles.